The lowest BCUT2D eigenvalue weighted by atomic mass is 10.0. The molecule has 3 aromatic carbocycles. The molecule has 0 bridgehead atoms. The molecular formula is C31H33N2O7S-. The second kappa shape index (κ2) is 13.1. The summed E-state index contributed by atoms with van der Waals surface area (Å²) in [5, 5.41) is 13.0. The SMILES string of the molecule is COC(=O)C(C(C)C)N(c1ccc(-c2ccc(NC(=O)c3oc4cccc(CCCO)c4c3C)cc2)cc1)S(=O)[O-]. The van der Waals surface area contributed by atoms with Crippen molar-refractivity contribution in [2.24, 2.45) is 5.92 Å². The molecule has 0 saturated heterocycles. The fraction of sp³-hybridized carbons (Fsp3) is 0.290. The summed E-state index contributed by atoms with van der Waals surface area (Å²) in [5.41, 5.74) is 5.02. The molecule has 1 aromatic heterocycles. The topological polar surface area (TPSA) is 132 Å². The number of benzene rings is 3. The van der Waals surface area contributed by atoms with Gasteiger partial charge in [-0.1, -0.05) is 50.2 Å². The molecule has 2 atom stereocenters. The van der Waals surface area contributed by atoms with Gasteiger partial charge in [-0.05, 0) is 72.7 Å². The number of esters is 1. The van der Waals surface area contributed by atoms with Crippen molar-refractivity contribution < 1.29 is 32.6 Å². The van der Waals surface area contributed by atoms with Crippen molar-refractivity contribution in [2.75, 3.05) is 23.3 Å². The summed E-state index contributed by atoms with van der Waals surface area (Å²) >= 11 is -2.69. The number of carbonyl (C=O) groups excluding carboxylic acids is 2. The van der Waals surface area contributed by atoms with Gasteiger partial charge in [-0.15, -0.1) is 0 Å². The highest BCUT2D eigenvalue weighted by Crippen LogP contribution is 2.31. The van der Waals surface area contributed by atoms with E-state index in [1.807, 2.05) is 37.3 Å². The molecule has 0 saturated carbocycles. The third-order valence-electron chi connectivity index (χ3n) is 6.94. The fourth-order valence-electron chi connectivity index (χ4n) is 4.92. The van der Waals surface area contributed by atoms with Gasteiger partial charge in [-0.2, -0.15) is 0 Å². The largest absolute Gasteiger partial charge is 0.755 e. The first-order valence-electron chi connectivity index (χ1n) is 13.3. The average Bonchev–Trinajstić information content (AvgIpc) is 3.31. The highest BCUT2D eigenvalue weighted by atomic mass is 32.2. The zero-order valence-corrected chi connectivity index (χ0v) is 24.2. The van der Waals surface area contributed by atoms with Gasteiger partial charge in [0, 0.05) is 40.2 Å². The van der Waals surface area contributed by atoms with Crippen LogP contribution < -0.4 is 9.62 Å². The first kappa shape index (κ1) is 30.0. The lowest BCUT2D eigenvalue weighted by Crippen LogP contribution is -2.46. The number of anilines is 2. The summed E-state index contributed by atoms with van der Waals surface area (Å²) < 4.78 is 35.8. The van der Waals surface area contributed by atoms with Crippen LogP contribution in [-0.4, -0.2) is 45.5 Å². The van der Waals surface area contributed by atoms with Crippen LogP contribution in [0.5, 0.6) is 0 Å². The van der Waals surface area contributed by atoms with Gasteiger partial charge < -0.3 is 24.1 Å². The van der Waals surface area contributed by atoms with E-state index in [2.05, 4.69) is 5.32 Å². The Balaban J connectivity index is 1.51. The molecule has 2 N–H and O–H groups in total. The predicted octanol–water partition coefficient (Wildman–Crippen LogP) is 5.38. The van der Waals surface area contributed by atoms with Crippen LogP contribution in [0.1, 0.15) is 41.9 Å². The van der Waals surface area contributed by atoms with Gasteiger partial charge >= 0.3 is 5.97 Å². The van der Waals surface area contributed by atoms with E-state index in [9.17, 15) is 23.5 Å². The summed E-state index contributed by atoms with van der Waals surface area (Å²) in [7, 11) is 1.23. The van der Waals surface area contributed by atoms with Gasteiger partial charge in [-0.3, -0.25) is 13.3 Å². The number of ether oxygens (including phenoxy) is 1. The summed E-state index contributed by atoms with van der Waals surface area (Å²) in [4.78, 5) is 25.4. The number of rotatable bonds is 11. The minimum atomic E-state index is -2.69. The van der Waals surface area contributed by atoms with Crippen molar-refractivity contribution in [3.05, 3.63) is 83.6 Å². The molecule has 4 rings (SSSR count). The van der Waals surface area contributed by atoms with Crippen LogP contribution in [0.2, 0.25) is 0 Å². The maximum atomic E-state index is 13.1. The number of hydrogen-bond donors (Lipinski definition) is 2. The van der Waals surface area contributed by atoms with E-state index in [0.717, 1.165) is 31.9 Å². The number of aliphatic hydroxyl groups excluding tert-OH is 1. The van der Waals surface area contributed by atoms with Crippen molar-refractivity contribution in [1.29, 1.82) is 0 Å². The first-order chi connectivity index (χ1) is 19.7. The molecule has 4 aromatic rings. The van der Waals surface area contributed by atoms with Gasteiger partial charge in [0.15, 0.2) is 5.76 Å². The lowest BCUT2D eigenvalue weighted by Gasteiger charge is -2.35. The highest BCUT2D eigenvalue weighted by molar-refractivity contribution is 7.80. The van der Waals surface area contributed by atoms with Crippen molar-refractivity contribution in [2.45, 2.75) is 39.7 Å². The lowest BCUT2D eigenvalue weighted by molar-refractivity contribution is -0.142. The zero-order valence-electron chi connectivity index (χ0n) is 23.4. The molecule has 0 aliphatic carbocycles. The molecule has 0 aliphatic heterocycles. The van der Waals surface area contributed by atoms with Crippen molar-refractivity contribution in [3.8, 4) is 11.1 Å². The molecule has 10 heteroatoms. The van der Waals surface area contributed by atoms with Gasteiger partial charge in [0.1, 0.15) is 11.6 Å². The molecule has 216 valence electrons. The number of methoxy groups -OCH3 is 1. The predicted molar refractivity (Wildman–Crippen MR) is 158 cm³/mol. The normalized spacial score (nSPS) is 12.8. The van der Waals surface area contributed by atoms with Gasteiger partial charge in [-0.25, -0.2) is 4.79 Å². The minimum absolute atomic E-state index is 0.0915. The quantitative estimate of drug-likeness (QED) is 0.181. The van der Waals surface area contributed by atoms with Crippen molar-refractivity contribution >= 4 is 45.5 Å². The number of furan rings is 1. The number of fused-ring (bicyclic) bond motifs is 1. The second-order valence-corrected chi connectivity index (χ2v) is 10.8. The van der Waals surface area contributed by atoms with Crippen LogP contribution in [0.4, 0.5) is 11.4 Å². The van der Waals surface area contributed by atoms with E-state index in [0.29, 0.717) is 29.8 Å². The standard InChI is InChI=1S/C31H34N2O7S/c1-19(2)28(31(36)39-4)33(41(37)38)25-16-12-22(13-17-25)21-10-14-24(15-11-21)32-30(35)29-20(3)27-23(8-6-18-34)7-5-9-26(27)40-29/h5,7,9-17,19,28,34H,6,8,18H2,1-4H3,(H,32,35)(H,37,38)/p-1. The Morgan fingerprint density at radius 3 is 2.24 bits per heavy atom. The van der Waals surface area contributed by atoms with Crippen LogP contribution in [0.25, 0.3) is 22.1 Å². The molecule has 1 amide bonds. The number of amides is 1. The highest BCUT2D eigenvalue weighted by Gasteiger charge is 2.31. The maximum Gasteiger partial charge on any atom is 0.329 e. The van der Waals surface area contributed by atoms with Crippen LogP contribution in [0.3, 0.4) is 0 Å². The van der Waals surface area contributed by atoms with Crippen molar-refractivity contribution in [1.82, 2.24) is 0 Å². The third-order valence-corrected chi connectivity index (χ3v) is 7.70. The van der Waals surface area contributed by atoms with Crippen LogP contribution in [-0.2, 0) is 27.2 Å². The van der Waals surface area contributed by atoms with Gasteiger partial charge in [0.2, 0.25) is 0 Å². The van der Waals surface area contributed by atoms with Crippen LogP contribution in [0, 0.1) is 12.8 Å². The number of hydrogen-bond acceptors (Lipinski definition) is 7. The molecule has 9 nitrogen and oxygen atoms in total. The molecular weight excluding hydrogens is 544 g/mol. The van der Waals surface area contributed by atoms with E-state index >= 15 is 0 Å². The number of nitrogens with zero attached hydrogens (tertiary/aromatic N) is 1. The Kier molecular flexibility index (Phi) is 9.59. The number of nitrogens with one attached hydrogen (secondary N) is 1. The Labute approximate surface area is 241 Å². The number of carbonyl (C=O) groups is 2. The molecule has 0 spiro atoms. The van der Waals surface area contributed by atoms with Crippen LogP contribution in [0.15, 0.2) is 71.1 Å². The van der Waals surface area contributed by atoms with E-state index in [4.69, 9.17) is 9.15 Å². The van der Waals surface area contributed by atoms with E-state index < -0.39 is 23.3 Å². The smallest absolute Gasteiger partial charge is 0.329 e. The monoisotopic (exact) mass is 577 g/mol. The molecule has 1 heterocycles. The molecule has 0 radical (unpaired) electrons. The number of aryl methyl sites for hydroxylation is 2. The van der Waals surface area contributed by atoms with Gasteiger partial charge in [0.25, 0.3) is 5.91 Å². The first-order valence-corrected chi connectivity index (χ1v) is 14.3. The average molecular weight is 578 g/mol. The maximum absolute atomic E-state index is 13.1. The zero-order chi connectivity index (χ0) is 29.7. The molecule has 2 unspecified atom stereocenters. The van der Waals surface area contributed by atoms with E-state index in [1.165, 1.54) is 7.11 Å². The molecule has 0 fully saturated rings. The van der Waals surface area contributed by atoms with E-state index in [1.54, 1.807) is 50.2 Å². The van der Waals surface area contributed by atoms with Crippen LogP contribution >= 0.6 is 0 Å². The van der Waals surface area contributed by atoms with Crippen molar-refractivity contribution in [3.63, 3.8) is 0 Å². The fourth-order valence-corrected chi connectivity index (χ4v) is 5.72. The Morgan fingerprint density at radius 1 is 1.05 bits per heavy atom. The van der Waals surface area contributed by atoms with Gasteiger partial charge in [0.05, 0.1) is 7.11 Å². The Hall–Kier alpha value is -3.99. The minimum Gasteiger partial charge on any atom is -0.755 e. The molecule has 0 aliphatic rings. The summed E-state index contributed by atoms with van der Waals surface area (Å²) in [5.74, 6) is -1.06. The second-order valence-electron chi connectivity index (χ2n) is 10.0. The summed E-state index contributed by atoms with van der Waals surface area (Å²) in [6, 6.07) is 18.7. The number of aliphatic hydroxyl groups is 1. The Bertz CT molecular complexity index is 1550. The third kappa shape index (κ3) is 6.51. The van der Waals surface area contributed by atoms with E-state index in [-0.39, 0.29) is 24.2 Å². The summed E-state index contributed by atoms with van der Waals surface area (Å²) in [6.45, 7) is 5.45. The molecule has 41 heavy (non-hydrogen) atoms. The summed E-state index contributed by atoms with van der Waals surface area (Å²) in [6.07, 6.45) is 1.32. The Morgan fingerprint density at radius 2 is 1.68 bits per heavy atom.